The van der Waals surface area contributed by atoms with Gasteiger partial charge in [0.2, 0.25) is 5.78 Å². The molecular formula is C21H21N3O6S. The number of aryl methyl sites for hydroxylation is 2. The maximum Gasteiger partial charge on any atom is 0.290 e. The molecule has 1 amide bonds. The Morgan fingerprint density at radius 2 is 2.06 bits per heavy atom. The van der Waals surface area contributed by atoms with Crippen molar-refractivity contribution in [2.45, 2.75) is 38.8 Å². The Bertz CT molecular complexity index is 1090. The van der Waals surface area contributed by atoms with Crippen LogP contribution in [0.3, 0.4) is 0 Å². The van der Waals surface area contributed by atoms with Gasteiger partial charge in [0.25, 0.3) is 11.6 Å². The number of non-ortho nitro benzene ring substituents is 1. The zero-order chi connectivity index (χ0) is 22.3. The number of aromatic nitrogens is 1. The highest BCUT2D eigenvalue weighted by Crippen LogP contribution is 2.41. The number of carbonyl (C=O) groups excluding carboxylic acids is 2. The summed E-state index contributed by atoms with van der Waals surface area (Å²) in [5.41, 5.74) is 0.890. The number of amides is 1. The number of carbonyl (C=O) groups is 2. The first kappa shape index (κ1) is 21.1. The van der Waals surface area contributed by atoms with E-state index in [-0.39, 0.29) is 23.9 Å². The van der Waals surface area contributed by atoms with Gasteiger partial charge in [-0.05, 0) is 44.4 Å². The van der Waals surface area contributed by atoms with E-state index in [1.807, 2.05) is 0 Å². The van der Waals surface area contributed by atoms with Crippen LogP contribution in [0.15, 0.2) is 35.6 Å². The molecule has 2 aliphatic rings. The number of ether oxygens (including phenoxy) is 1. The summed E-state index contributed by atoms with van der Waals surface area (Å²) < 4.78 is 5.66. The first-order chi connectivity index (χ1) is 14.8. The standard InChI is InChI=1S/C21H21N3O6S/c1-11-20(31-12(2)22-11)18(25)16-17(13-5-7-14(8-6-13)24(28)29)23(21(27)19(16)26)10-15-4-3-9-30-15/h5-8,15,17,26H,3-4,9-10H2,1-2H3. The molecule has 0 radical (unpaired) electrons. The molecule has 4 rings (SSSR count). The quantitative estimate of drug-likeness (QED) is 0.412. The number of hydrogen-bond acceptors (Lipinski definition) is 8. The maximum atomic E-state index is 13.4. The van der Waals surface area contributed by atoms with Crippen LogP contribution in [-0.2, 0) is 9.53 Å². The van der Waals surface area contributed by atoms with Crippen molar-refractivity contribution in [3.05, 3.63) is 66.9 Å². The molecule has 10 heteroatoms. The van der Waals surface area contributed by atoms with Gasteiger partial charge in [-0.1, -0.05) is 0 Å². The van der Waals surface area contributed by atoms with Crippen LogP contribution < -0.4 is 0 Å². The van der Waals surface area contributed by atoms with Crippen molar-refractivity contribution in [3.8, 4) is 0 Å². The van der Waals surface area contributed by atoms with Gasteiger partial charge >= 0.3 is 0 Å². The lowest BCUT2D eigenvalue weighted by molar-refractivity contribution is -0.384. The zero-order valence-electron chi connectivity index (χ0n) is 17.0. The highest BCUT2D eigenvalue weighted by molar-refractivity contribution is 7.14. The van der Waals surface area contributed by atoms with E-state index in [2.05, 4.69) is 4.98 Å². The number of hydrogen-bond donors (Lipinski definition) is 1. The van der Waals surface area contributed by atoms with Crippen LogP contribution in [0, 0.1) is 24.0 Å². The minimum Gasteiger partial charge on any atom is -0.503 e. The van der Waals surface area contributed by atoms with E-state index in [1.54, 1.807) is 13.8 Å². The molecule has 31 heavy (non-hydrogen) atoms. The van der Waals surface area contributed by atoms with Crippen molar-refractivity contribution in [3.63, 3.8) is 0 Å². The third kappa shape index (κ3) is 3.84. The average molecular weight is 443 g/mol. The first-order valence-electron chi connectivity index (χ1n) is 9.86. The molecule has 2 unspecified atom stereocenters. The summed E-state index contributed by atoms with van der Waals surface area (Å²) in [7, 11) is 0. The zero-order valence-corrected chi connectivity index (χ0v) is 17.8. The van der Waals surface area contributed by atoms with Gasteiger partial charge in [0.15, 0.2) is 5.76 Å². The van der Waals surface area contributed by atoms with E-state index >= 15 is 0 Å². The Balaban J connectivity index is 1.77. The van der Waals surface area contributed by atoms with Crippen LogP contribution in [0.1, 0.15) is 44.8 Å². The lowest BCUT2D eigenvalue weighted by Gasteiger charge is -2.28. The van der Waals surface area contributed by atoms with Crippen molar-refractivity contribution in [1.29, 1.82) is 0 Å². The number of ketones is 1. The summed E-state index contributed by atoms with van der Waals surface area (Å²) in [6.07, 6.45) is 1.45. The molecule has 0 spiro atoms. The van der Waals surface area contributed by atoms with Gasteiger partial charge in [-0.15, -0.1) is 11.3 Å². The third-order valence-electron chi connectivity index (χ3n) is 5.50. The molecular weight excluding hydrogens is 422 g/mol. The Kier molecular flexibility index (Phi) is 5.59. The Labute approximate surface area is 182 Å². The van der Waals surface area contributed by atoms with Crippen molar-refractivity contribution < 1.29 is 24.4 Å². The number of benzene rings is 1. The second-order valence-corrected chi connectivity index (χ2v) is 8.79. The highest BCUT2D eigenvalue weighted by Gasteiger charge is 2.45. The van der Waals surface area contributed by atoms with E-state index in [0.29, 0.717) is 27.7 Å². The van der Waals surface area contributed by atoms with Gasteiger partial charge in [-0.2, -0.15) is 0 Å². The second-order valence-electron chi connectivity index (χ2n) is 7.58. The largest absolute Gasteiger partial charge is 0.503 e. The van der Waals surface area contributed by atoms with Crippen LogP contribution in [-0.4, -0.2) is 50.9 Å². The fourth-order valence-corrected chi connectivity index (χ4v) is 4.94. The fourth-order valence-electron chi connectivity index (χ4n) is 4.07. The molecule has 162 valence electrons. The summed E-state index contributed by atoms with van der Waals surface area (Å²) in [5.74, 6) is -1.72. The Morgan fingerprint density at radius 1 is 1.35 bits per heavy atom. The third-order valence-corrected chi connectivity index (χ3v) is 6.57. The average Bonchev–Trinajstić information content (AvgIpc) is 3.43. The van der Waals surface area contributed by atoms with Crippen LogP contribution in [0.2, 0.25) is 0 Å². The van der Waals surface area contributed by atoms with E-state index in [0.717, 1.165) is 12.8 Å². The molecule has 0 saturated carbocycles. The molecule has 1 aromatic carbocycles. The van der Waals surface area contributed by atoms with Crippen LogP contribution in [0.25, 0.3) is 0 Å². The van der Waals surface area contributed by atoms with Gasteiger partial charge in [0.1, 0.15) is 0 Å². The SMILES string of the molecule is Cc1nc(C)c(C(=O)C2=C(O)C(=O)N(CC3CCCO3)C2c2ccc([N+](=O)[O-])cc2)s1. The number of rotatable bonds is 6. The lowest BCUT2D eigenvalue weighted by Crippen LogP contribution is -2.37. The number of Topliss-reactive ketones (excluding diaryl/α,β-unsaturated/α-hetero) is 1. The normalized spacial score (nSPS) is 21.2. The molecule has 1 aromatic heterocycles. The van der Waals surface area contributed by atoms with E-state index in [1.165, 1.54) is 40.5 Å². The minimum atomic E-state index is -0.869. The first-order valence-corrected chi connectivity index (χ1v) is 10.7. The lowest BCUT2D eigenvalue weighted by atomic mass is 9.94. The molecule has 2 aromatic rings. The van der Waals surface area contributed by atoms with Gasteiger partial charge in [-0.3, -0.25) is 19.7 Å². The summed E-state index contributed by atoms with van der Waals surface area (Å²) >= 11 is 1.20. The second kappa shape index (κ2) is 8.20. The van der Waals surface area contributed by atoms with Crippen LogP contribution >= 0.6 is 11.3 Å². The summed E-state index contributed by atoms with van der Waals surface area (Å²) in [5, 5.41) is 22.5. The molecule has 3 heterocycles. The van der Waals surface area contributed by atoms with Gasteiger partial charge in [0.05, 0.1) is 38.2 Å². The Morgan fingerprint density at radius 3 is 2.61 bits per heavy atom. The van der Waals surface area contributed by atoms with E-state index in [9.17, 15) is 24.8 Å². The Hall–Kier alpha value is -3.11. The molecule has 1 fully saturated rings. The monoisotopic (exact) mass is 443 g/mol. The molecule has 2 aliphatic heterocycles. The van der Waals surface area contributed by atoms with Gasteiger partial charge in [0, 0.05) is 25.3 Å². The van der Waals surface area contributed by atoms with Crippen molar-refractivity contribution in [2.75, 3.05) is 13.2 Å². The summed E-state index contributed by atoms with van der Waals surface area (Å²) in [6.45, 7) is 4.29. The van der Waals surface area contributed by atoms with E-state index < -0.39 is 28.4 Å². The number of nitro benzene ring substituents is 1. The van der Waals surface area contributed by atoms with Crippen molar-refractivity contribution >= 4 is 28.7 Å². The minimum absolute atomic E-state index is 0.0383. The fraction of sp³-hybridized carbons (Fsp3) is 0.381. The summed E-state index contributed by atoms with van der Waals surface area (Å²) in [4.78, 5) is 43.0. The molecule has 9 nitrogen and oxygen atoms in total. The predicted octanol–water partition coefficient (Wildman–Crippen LogP) is 3.43. The molecule has 1 N–H and O–H groups in total. The number of thiazole rings is 1. The number of nitrogens with zero attached hydrogens (tertiary/aromatic N) is 3. The molecule has 0 aliphatic carbocycles. The topological polar surface area (TPSA) is 123 Å². The molecule has 1 saturated heterocycles. The predicted molar refractivity (Wildman–Crippen MR) is 112 cm³/mol. The van der Waals surface area contributed by atoms with Gasteiger partial charge in [-0.25, -0.2) is 4.98 Å². The smallest absolute Gasteiger partial charge is 0.290 e. The van der Waals surface area contributed by atoms with Gasteiger partial charge < -0.3 is 14.7 Å². The number of nitro groups is 1. The molecule has 0 bridgehead atoms. The maximum absolute atomic E-state index is 13.4. The highest BCUT2D eigenvalue weighted by atomic mass is 32.1. The van der Waals surface area contributed by atoms with Crippen molar-refractivity contribution in [2.24, 2.45) is 0 Å². The molecule has 2 atom stereocenters. The number of aliphatic hydroxyl groups is 1. The van der Waals surface area contributed by atoms with E-state index in [4.69, 9.17) is 4.74 Å². The van der Waals surface area contributed by atoms with Crippen molar-refractivity contribution in [1.82, 2.24) is 9.88 Å². The summed E-state index contributed by atoms with van der Waals surface area (Å²) in [6, 6.07) is 4.80. The van der Waals surface area contributed by atoms with Crippen LogP contribution in [0.5, 0.6) is 0 Å². The van der Waals surface area contributed by atoms with Crippen LogP contribution in [0.4, 0.5) is 5.69 Å². The number of aliphatic hydroxyl groups excluding tert-OH is 1.